The molecule has 0 aliphatic carbocycles. The Bertz CT molecular complexity index is 1000. The minimum absolute atomic E-state index is 0.0620. The molecule has 176 valence electrons. The molecule has 33 heavy (non-hydrogen) atoms. The molecule has 0 spiro atoms. The third-order valence-electron chi connectivity index (χ3n) is 6.28. The number of likely N-dealkylation sites (tertiary alicyclic amines) is 1. The smallest absolute Gasteiger partial charge is 0.240 e. The van der Waals surface area contributed by atoms with E-state index in [2.05, 4.69) is 19.1 Å². The summed E-state index contributed by atoms with van der Waals surface area (Å²) < 4.78 is 10.4. The van der Waals surface area contributed by atoms with Gasteiger partial charge in [-0.25, -0.2) is 0 Å². The summed E-state index contributed by atoms with van der Waals surface area (Å²) in [5.74, 6) is -0.302. The fraction of sp³-hybridized carbons (Fsp3) is 0.423. The Kier molecular flexibility index (Phi) is 7.87. The predicted octanol–water partition coefficient (Wildman–Crippen LogP) is 2.95. The van der Waals surface area contributed by atoms with E-state index in [1.54, 1.807) is 43.3 Å². The molecule has 1 aliphatic heterocycles. The third-order valence-corrected chi connectivity index (χ3v) is 6.28. The second kappa shape index (κ2) is 10.6. The molecular formula is C26H32N2O5. The van der Waals surface area contributed by atoms with Crippen molar-refractivity contribution in [2.45, 2.75) is 38.1 Å². The summed E-state index contributed by atoms with van der Waals surface area (Å²) in [6.07, 6.45) is 0.791. The molecule has 0 radical (unpaired) electrons. The van der Waals surface area contributed by atoms with Crippen LogP contribution in [-0.4, -0.2) is 61.9 Å². The van der Waals surface area contributed by atoms with Gasteiger partial charge in [0, 0.05) is 33.5 Å². The molecule has 1 atom stereocenters. The standard InChI is InChI=1S/C26H32N2O5/c1-5-19-9-11-20(12-10-19)18-27(2)23(29)16-26(21-7-6-8-22(15-21)33-4)17-24(30)28(25(26)31)13-14-32-3/h6-12,15H,5,13-14,16-18H2,1-4H3/t26-/m1/s1. The number of imide groups is 1. The maximum absolute atomic E-state index is 13.6. The summed E-state index contributed by atoms with van der Waals surface area (Å²) in [4.78, 5) is 42.5. The van der Waals surface area contributed by atoms with Crippen molar-refractivity contribution in [3.63, 3.8) is 0 Å². The molecule has 0 bridgehead atoms. The highest BCUT2D eigenvalue weighted by molar-refractivity contribution is 6.10. The Balaban J connectivity index is 1.88. The minimum atomic E-state index is -1.27. The molecule has 0 unspecified atom stereocenters. The van der Waals surface area contributed by atoms with E-state index in [1.165, 1.54) is 17.6 Å². The number of rotatable bonds is 10. The molecule has 1 aliphatic rings. The van der Waals surface area contributed by atoms with E-state index in [9.17, 15) is 14.4 Å². The van der Waals surface area contributed by atoms with Crippen molar-refractivity contribution in [3.8, 4) is 5.75 Å². The van der Waals surface area contributed by atoms with Gasteiger partial charge in [0.1, 0.15) is 5.75 Å². The van der Waals surface area contributed by atoms with Crippen LogP contribution in [0.4, 0.5) is 0 Å². The van der Waals surface area contributed by atoms with Crippen molar-refractivity contribution in [2.24, 2.45) is 0 Å². The Labute approximate surface area is 195 Å². The Morgan fingerprint density at radius 2 is 1.79 bits per heavy atom. The molecule has 2 aromatic carbocycles. The van der Waals surface area contributed by atoms with Gasteiger partial charge >= 0.3 is 0 Å². The molecule has 3 amide bonds. The Morgan fingerprint density at radius 3 is 2.42 bits per heavy atom. The zero-order chi connectivity index (χ0) is 24.0. The van der Waals surface area contributed by atoms with E-state index < -0.39 is 5.41 Å². The topological polar surface area (TPSA) is 76.2 Å². The Morgan fingerprint density at radius 1 is 1.09 bits per heavy atom. The van der Waals surface area contributed by atoms with Crippen molar-refractivity contribution in [1.82, 2.24) is 9.80 Å². The summed E-state index contributed by atoms with van der Waals surface area (Å²) in [6.45, 7) is 2.92. The number of nitrogens with zero attached hydrogens (tertiary/aromatic N) is 2. The number of carbonyl (C=O) groups is 3. The maximum Gasteiger partial charge on any atom is 0.240 e. The van der Waals surface area contributed by atoms with Gasteiger partial charge in [0.05, 0.1) is 25.7 Å². The zero-order valence-corrected chi connectivity index (χ0v) is 19.8. The molecule has 7 nitrogen and oxygen atoms in total. The third kappa shape index (κ3) is 5.25. The summed E-state index contributed by atoms with van der Waals surface area (Å²) in [7, 11) is 4.78. The lowest BCUT2D eigenvalue weighted by atomic mass is 9.75. The Hall–Kier alpha value is -3.19. The van der Waals surface area contributed by atoms with Gasteiger partial charge in [0.15, 0.2) is 0 Å². The summed E-state index contributed by atoms with van der Waals surface area (Å²) in [6, 6.07) is 15.2. The van der Waals surface area contributed by atoms with Gasteiger partial charge in [-0.15, -0.1) is 0 Å². The lowest BCUT2D eigenvalue weighted by Gasteiger charge is -2.29. The average Bonchev–Trinajstić information content (AvgIpc) is 3.07. The lowest BCUT2D eigenvalue weighted by molar-refractivity contribution is -0.143. The van der Waals surface area contributed by atoms with Crippen molar-refractivity contribution in [2.75, 3.05) is 34.4 Å². The number of aryl methyl sites for hydroxylation is 1. The fourth-order valence-corrected chi connectivity index (χ4v) is 4.23. The first-order chi connectivity index (χ1) is 15.8. The largest absolute Gasteiger partial charge is 0.497 e. The van der Waals surface area contributed by atoms with Gasteiger partial charge < -0.3 is 14.4 Å². The second-order valence-corrected chi connectivity index (χ2v) is 8.43. The van der Waals surface area contributed by atoms with E-state index in [0.29, 0.717) is 17.9 Å². The minimum Gasteiger partial charge on any atom is -0.497 e. The van der Waals surface area contributed by atoms with E-state index in [-0.39, 0.29) is 43.7 Å². The van der Waals surface area contributed by atoms with Crippen molar-refractivity contribution in [3.05, 3.63) is 65.2 Å². The maximum atomic E-state index is 13.6. The molecular weight excluding hydrogens is 420 g/mol. The number of hydrogen-bond donors (Lipinski definition) is 0. The van der Waals surface area contributed by atoms with Gasteiger partial charge in [-0.1, -0.05) is 43.3 Å². The fourth-order valence-electron chi connectivity index (χ4n) is 4.23. The molecule has 1 heterocycles. The van der Waals surface area contributed by atoms with Crippen LogP contribution in [0.5, 0.6) is 5.75 Å². The normalized spacial score (nSPS) is 18.0. The van der Waals surface area contributed by atoms with E-state index in [0.717, 1.165) is 12.0 Å². The highest BCUT2D eigenvalue weighted by Gasteiger charge is 2.54. The van der Waals surface area contributed by atoms with Crippen LogP contribution in [0, 0.1) is 0 Å². The molecule has 1 saturated heterocycles. The monoisotopic (exact) mass is 452 g/mol. The van der Waals surface area contributed by atoms with Gasteiger partial charge in [-0.05, 0) is 35.2 Å². The summed E-state index contributed by atoms with van der Waals surface area (Å²) >= 11 is 0. The van der Waals surface area contributed by atoms with E-state index in [4.69, 9.17) is 9.47 Å². The quantitative estimate of drug-likeness (QED) is 0.518. The number of hydrogen-bond acceptors (Lipinski definition) is 5. The van der Waals surface area contributed by atoms with Crippen LogP contribution in [0.15, 0.2) is 48.5 Å². The van der Waals surface area contributed by atoms with E-state index in [1.807, 2.05) is 12.1 Å². The van der Waals surface area contributed by atoms with Crippen LogP contribution in [0.1, 0.15) is 36.5 Å². The van der Waals surface area contributed by atoms with Crippen molar-refractivity contribution >= 4 is 17.7 Å². The number of benzene rings is 2. The van der Waals surface area contributed by atoms with Crippen LogP contribution >= 0.6 is 0 Å². The molecule has 0 saturated carbocycles. The summed E-state index contributed by atoms with van der Waals surface area (Å²) in [5, 5.41) is 0. The number of ether oxygens (including phenoxy) is 2. The predicted molar refractivity (Wildman–Crippen MR) is 125 cm³/mol. The van der Waals surface area contributed by atoms with Crippen LogP contribution in [-0.2, 0) is 37.5 Å². The highest BCUT2D eigenvalue weighted by atomic mass is 16.5. The zero-order valence-electron chi connectivity index (χ0n) is 19.8. The average molecular weight is 453 g/mol. The molecule has 0 aromatic heterocycles. The highest BCUT2D eigenvalue weighted by Crippen LogP contribution is 2.41. The van der Waals surface area contributed by atoms with Gasteiger partial charge in [-0.3, -0.25) is 19.3 Å². The molecule has 0 N–H and O–H groups in total. The van der Waals surface area contributed by atoms with Gasteiger partial charge in [-0.2, -0.15) is 0 Å². The van der Waals surface area contributed by atoms with Crippen LogP contribution in [0.25, 0.3) is 0 Å². The van der Waals surface area contributed by atoms with Crippen molar-refractivity contribution < 1.29 is 23.9 Å². The van der Waals surface area contributed by atoms with Crippen LogP contribution < -0.4 is 4.74 Å². The second-order valence-electron chi connectivity index (χ2n) is 8.43. The van der Waals surface area contributed by atoms with E-state index >= 15 is 0 Å². The molecule has 3 rings (SSSR count). The number of amides is 3. The van der Waals surface area contributed by atoms with Crippen LogP contribution in [0.3, 0.4) is 0 Å². The molecule has 2 aromatic rings. The van der Waals surface area contributed by atoms with Gasteiger partial charge in [0.25, 0.3) is 0 Å². The lowest BCUT2D eigenvalue weighted by Crippen LogP contribution is -2.43. The molecule has 1 fully saturated rings. The SMILES string of the molecule is CCc1ccc(CN(C)C(=O)C[C@]2(c3cccc(OC)c3)CC(=O)N(CCOC)C2=O)cc1. The number of methoxy groups -OCH3 is 2. The van der Waals surface area contributed by atoms with Gasteiger partial charge in [0.2, 0.25) is 17.7 Å². The first kappa shape index (κ1) is 24.5. The number of carbonyl (C=O) groups excluding carboxylic acids is 3. The summed E-state index contributed by atoms with van der Waals surface area (Å²) in [5.41, 5.74) is 1.58. The first-order valence-electron chi connectivity index (χ1n) is 11.1. The van der Waals surface area contributed by atoms with Crippen LogP contribution in [0.2, 0.25) is 0 Å². The first-order valence-corrected chi connectivity index (χ1v) is 11.1. The molecule has 7 heteroatoms. The van der Waals surface area contributed by atoms with Crippen molar-refractivity contribution in [1.29, 1.82) is 0 Å².